The molecular formula is C27H25N7O2S. The van der Waals surface area contributed by atoms with Crippen LogP contribution in [0.15, 0.2) is 95.1 Å². The predicted octanol–water partition coefficient (Wildman–Crippen LogP) is 4.86. The average Bonchev–Trinajstić information content (AvgIpc) is 3.52. The van der Waals surface area contributed by atoms with E-state index >= 15 is 0 Å². The lowest BCUT2D eigenvalue weighted by Crippen LogP contribution is -2.21. The van der Waals surface area contributed by atoms with Crippen molar-refractivity contribution < 1.29 is 9.59 Å². The summed E-state index contributed by atoms with van der Waals surface area (Å²) in [6.07, 6.45) is 7.21. The topological polar surface area (TPSA) is 120 Å². The maximum absolute atomic E-state index is 12.9. The number of imidazole rings is 1. The van der Waals surface area contributed by atoms with E-state index in [0.29, 0.717) is 16.5 Å². The number of carbonyl (C=O) groups is 2. The van der Waals surface area contributed by atoms with Gasteiger partial charge in [-0.15, -0.1) is 0 Å². The third-order valence-corrected chi connectivity index (χ3v) is 9.58. The molecule has 6 rings (SSSR count). The minimum Gasteiger partial charge on any atom is -0.361 e. The van der Waals surface area contributed by atoms with Crippen molar-refractivity contribution in [2.75, 3.05) is 11.6 Å². The third kappa shape index (κ3) is 4.25. The minimum absolute atomic E-state index is 0.0258. The molecule has 3 heterocycles. The number of amides is 2. The number of hydrogen-bond acceptors (Lipinski definition) is 5. The third-order valence-electron chi connectivity index (χ3n) is 6.53. The van der Waals surface area contributed by atoms with Crippen molar-refractivity contribution in [3.8, 4) is 16.9 Å². The summed E-state index contributed by atoms with van der Waals surface area (Å²) >= 11 is 0. The molecule has 0 saturated heterocycles. The fourth-order valence-corrected chi connectivity index (χ4v) is 6.15. The van der Waals surface area contributed by atoms with Gasteiger partial charge in [0.2, 0.25) is 5.91 Å². The van der Waals surface area contributed by atoms with Crippen molar-refractivity contribution in [3.05, 3.63) is 85.2 Å². The Labute approximate surface area is 214 Å². The highest BCUT2D eigenvalue weighted by Gasteiger charge is 2.33. The summed E-state index contributed by atoms with van der Waals surface area (Å²) in [6, 6.07) is 23.1. The largest absolute Gasteiger partial charge is 0.361 e. The van der Waals surface area contributed by atoms with Crippen molar-refractivity contribution >= 4 is 32.6 Å². The van der Waals surface area contributed by atoms with Crippen molar-refractivity contribution in [1.82, 2.24) is 24.4 Å². The fraction of sp³-hybridized carbons (Fsp3) is 0.148. The smallest absolute Gasteiger partial charge is 0.268 e. The molecule has 9 nitrogen and oxygen atoms in total. The van der Waals surface area contributed by atoms with Gasteiger partial charge in [-0.25, -0.2) is 14.2 Å². The molecule has 1 aliphatic carbocycles. The number of fused-ring (bicyclic) bond motifs is 1. The van der Waals surface area contributed by atoms with Crippen LogP contribution in [0.2, 0.25) is 0 Å². The monoisotopic (exact) mass is 511 g/mol. The molecule has 1 saturated carbocycles. The lowest BCUT2D eigenvalue weighted by atomic mass is 10.2. The van der Waals surface area contributed by atoms with Gasteiger partial charge in [0, 0.05) is 22.6 Å². The Kier molecular flexibility index (Phi) is 5.53. The molecule has 2 aromatic carbocycles. The molecule has 0 bridgehead atoms. The molecule has 10 heteroatoms. The van der Waals surface area contributed by atoms with E-state index in [0.717, 1.165) is 34.7 Å². The van der Waals surface area contributed by atoms with E-state index in [2.05, 4.69) is 10.3 Å². The van der Waals surface area contributed by atoms with Gasteiger partial charge in [-0.2, -0.15) is 10.2 Å². The van der Waals surface area contributed by atoms with E-state index in [4.69, 9.17) is 15.9 Å². The van der Waals surface area contributed by atoms with Crippen LogP contribution in [0.25, 0.3) is 22.6 Å². The van der Waals surface area contributed by atoms with Crippen LogP contribution in [0.1, 0.15) is 12.8 Å². The first kappa shape index (κ1) is 23.0. The lowest BCUT2D eigenvalue weighted by molar-refractivity contribution is -0.117. The molecule has 186 valence electrons. The first-order chi connectivity index (χ1) is 17.9. The van der Waals surface area contributed by atoms with E-state index in [1.807, 2.05) is 73.1 Å². The van der Waals surface area contributed by atoms with E-state index in [1.54, 1.807) is 27.5 Å². The number of carbonyl (C=O) groups excluding carboxylic acids is 2. The normalized spacial score (nSPS) is 15.7. The van der Waals surface area contributed by atoms with Gasteiger partial charge in [0.1, 0.15) is 5.03 Å². The number of primary amides is 1. The standard InChI is InChI=1S/C27H25N7O2S/c1-37(27(28)36,25-13-12-24-29-23(17-34(24)32-25)30-26(35)19-10-11-19)21-9-5-8-20(16-21)33-15-14-22(31-33)18-6-3-2-4-7-18/h2-9,12-17,19H,10-11H2,1H3,(H2,28,36)(H,30,35). The molecule has 0 aliphatic heterocycles. The molecule has 37 heavy (non-hydrogen) atoms. The van der Waals surface area contributed by atoms with Gasteiger partial charge < -0.3 is 11.1 Å². The first-order valence-corrected chi connectivity index (χ1v) is 13.9. The molecule has 1 fully saturated rings. The molecule has 2 amide bonds. The SMILES string of the molecule is CS(C(N)=O)(c1cccc(-n2ccc(-c3ccccc3)n2)c1)c1ccc2nc(NC(=O)C3CC3)cn2n1. The number of anilines is 1. The van der Waals surface area contributed by atoms with Crippen LogP contribution in [0.4, 0.5) is 10.6 Å². The number of benzene rings is 2. The number of aromatic nitrogens is 5. The molecule has 0 radical (unpaired) electrons. The Morgan fingerprint density at radius 2 is 1.81 bits per heavy atom. The van der Waals surface area contributed by atoms with Gasteiger partial charge in [-0.1, -0.05) is 46.4 Å². The van der Waals surface area contributed by atoms with Gasteiger partial charge in [0.05, 0.1) is 17.6 Å². The highest BCUT2D eigenvalue weighted by molar-refractivity contribution is 8.44. The summed E-state index contributed by atoms with van der Waals surface area (Å²) in [5.74, 6) is 0.482. The van der Waals surface area contributed by atoms with Crippen LogP contribution >= 0.6 is 10.0 Å². The maximum Gasteiger partial charge on any atom is 0.268 e. The number of nitrogens with one attached hydrogen (secondary N) is 1. The van der Waals surface area contributed by atoms with Crippen molar-refractivity contribution in [2.24, 2.45) is 11.7 Å². The lowest BCUT2D eigenvalue weighted by Gasteiger charge is -2.31. The Bertz CT molecular complexity index is 1640. The van der Waals surface area contributed by atoms with Gasteiger partial charge in [0.15, 0.2) is 11.5 Å². The molecular weight excluding hydrogens is 486 g/mol. The second-order valence-corrected chi connectivity index (χ2v) is 12.2. The number of nitrogens with two attached hydrogens (primary N) is 1. The van der Waals surface area contributed by atoms with Crippen LogP contribution in [-0.4, -0.2) is 41.8 Å². The fourth-order valence-electron chi connectivity index (χ4n) is 4.17. The molecule has 0 spiro atoms. The quantitative estimate of drug-likeness (QED) is 0.337. The van der Waals surface area contributed by atoms with Gasteiger partial charge in [-0.3, -0.25) is 9.59 Å². The number of rotatable bonds is 6. The van der Waals surface area contributed by atoms with Crippen LogP contribution in [0, 0.1) is 5.92 Å². The summed E-state index contributed by atoms with van der Waals surface area (Å²) in [6.45, 7) is 0. The Hall–Kier alpha value is -4.44. The highest BCUT2D eigenvalue weighted by Crippen LogP contribution is 2.58. The zero-order valence-corrected chi connectivity index (χ0v) is 20.9. The Morgan fingerprint density at radius 3 is 2.57 bits per heavy atom. The Balaban J connectivity index is 1.35. The van der Waals surface area contributed by atoms with Gasteiger partial charge in [-0.05, 0) is 55.5 Å². The summed E-state index contributed by atoms with van der Waals surface area (Å²) in [5, 5.41) is 12.4. The average molecular weight is 512 g/mol. The predicted molar refractivity (Wildman–Crippen MR) is 143 cm³/mol. The zero-order chi connectivity index (χ0) is 25.6. The summed E-state index contributed by atoms with van der Waals surface area (Å²) in [4.78, 5) is 30.3. The maximum atomic E-state index is 12.9. The summed E-state index contributed by atoms with van der Waals surface area (Å²) in [5.41, 5.74) is 9.27. The zero-order valence-electron chi connectivity index (χ0n) is 20.1. The van der Waals surface area contributed by atoms with Crippen LogP contribution in [-0.2, 0) is 4.79 Å². The molecule has 3 N–H and O–H groups in total. The number of hydrogen-bond donors (Lipinski definition) is 2. The second kappa shape index (κ2) is 8.90. The van der Waals surface area contributed by atoms with Crippen LogP contribution in [0.3, 0.4) is 0 Å². The molecule has 5 aromatic rings. The summed E-state index contributed by atoms with van der Waals surface area (Å²) in [7, 11) is -2.35. The first-order valence-electron chi connectivity index (χ1n) is 11.9. The van der Waals surface area contributed by atoms with Crippen molar-refractivity contribution in [3.63, 3.8) is 0 Å². The second-order valence-electron chi connectivity index (χ2n) is 9.11. The summed E-state index contributed by atoms with van der Waals surface area (Å²) < 4.78 is 3.36. The molecule has 1 atom stereocenters. The van der Waals surface area contributed by atoms with E-state index < -0.39 is 15.3 Å². The molecule has 1 unspecified atom stereocenters. The van der Waals surface area contributed by atoms with Crippen LogP contribution in [0.5, 0.6) is 0 Å². The van der Waals surface area contributed by atoms with Crippen molar-refractivity contribution in [1.29, 1.82) is 0 Å². The van der Waals surface area contributed by atoms with Crippen molar-refractivity contribution in [2.45, 2.75) is 22.8 Å². The van der Waals surface area contributed by atoms with Gasteiger partial charge in [0.25, 0.3) is 5.24 Å². The highest BCUT2D eigenvalue weighted by atomic mass is 32.3. The molecule has 3 aromatic heterocycles. The van der Waals surface area contributed by atoms with Crippen LogP contribution < -0.4 is 11.1 Å². The minimum atomic E-state index is -2.35. The Morgan fingerprint density at radius 1 is 1.00 bits per heavy atom. The van der Waals surface area contributed by atoms with E-state index in [-0.39, 0.29) is 11.8 Å². The van der Waals surface area contributed by atoms with E-state index in [1.165, 1.54) is 0 Å². The van der Waals surface area contributed by atoms with Gasteiger partial charge >= 0.3 is 0 Å². The van der Waals surface area contributed by atoms with E-state index in [9.17, 15) is 9.59 Å². The number of nitrogens with zero attached hydrogens (tertiary/aromatic N) is 5. The molecule has 1 aliphatic rings.